The van der Waals surface area contributed by atoms with Crippen molar-refractivity contribution in [1.29, 1.82) is 0 Å². The van der Waals surface area contributed by atoms with Crippen molar-refractivity contribution in [3.05, 3.63) is 47.6 Å². The molecule has 2 rings (SSSR count). The van der Waals surface area contributed by atoms with Gasteiger partial charge >= 0.3 is 0 Å². The Labute approximate surface area is 160 Å². The van der Waals surface area contributed by atoms with Crippen molar-refractivity contribution in [2.24, 2.45) is 4.99 Å². The van der Waals surface area contributed by atoms with Gasteiger partial charge in [0.05, 0.1) is 0 Å². The fourth-order valence-electron chi connectivity index (χ4n) is 2.05. The molecule has 0 atom stereocenters. The predicted molar refractivity (Wildman–Crippen MR) is 107 cm³/mol. The second kappa shape index (κ2) is 11.0. The Morgan fingerprint density at radius 2 is 1.96 bits per heavy atom. The highest BCUT2D eigenvalue weighted by Gasteiger charge is 2.09. The van der Waals surface area contributed by atoms with Crippen LogP contribution in [-0.4, -0.2) is 29.7 Å². The van der Waals surface area contributed by atoms with Crippen LogP contribution in [0.4, 0.5) is 0 Å². The highest BCUT2D eigenvalue weighted by atomic mass is 127. The molecule has 0 bridgehead atoms. The molecule has 0 aliphatic rings. The number of aryl methyl sites for hydroxylation is 1. The highest BCUT2D eigenvalue weighted by Crippen LogP contribution is 2.10. The second-order valence-corrected chi connectivity index (χ2v) is 5.64. The molecule has 132 valence electrons. The van der Waals surface area contributed by atoms with Gasteiger partial charge in [-0.05, 0) is 12.0 Å². The van der Waals surface area contributed by atoms with Gasteiger partial charge in [0.15, 0.2) is 11.8 Å². The van der Waals surface area contributed by atoms with Crippen LogP contribution in [-0.2, 0) is 13.0 Å². The molecule has 0 saturated heterocycles. The minimum atomic E-state index is 0. The van der Waals surface area contributed by atoms with Gasteiger partial charge in [-0.2, -0.15) is 4.98 Å². The lowest BCUT2D eigenvalue weighted by molar-refractivity contribution is 0.368. The van der Waals surface area contributed by atoms with Crippen LogP contribution in [0.25, 0.3) is 0 Å². The van der Waals surface area contributed by atoms with Crippen molar-refractivity contribution >= 4 is 29.9 Å². The second-order valence-electron chi connectivity index (χ2n) is 5.64. The van der Waals surface area contributed by atoms with Crippen LogP contribution < -0.4 is 10.6 Å². The van der Waals surface area contributed by atoms with E-state index in [2.05, 4.69) is 51.7 Å². The lowest BCUT2D eigenvalue weighted by Gasteiger charge is -2.11. The van der Waals surface area contributed by atoms with Crippen molar-refractivity contribution in [1.82, 2.24) is 20.8 Å². The highest BCUT2D eigenvalue weighted by molar-refractivity contribution is 14.0. The fourth-order valence-corrected chi connectivity index (χ4v) is 2.05. The number of hydrogen-bond acceptors (Lipinski definition) is 4. The average molecular weight is 443 g/mol. The van der Waals surface area contributed by atoms with E-state index in [1.807, 2.05) is 18.2 Å². The summed E-state index contributed by atoms with van der Waals surface area (Å²) in [5.41, 5.74) is 1.22. The maximum Gasteiger partial charge on any atom is 0.226 e. The standard InChI is InChI=1S/C17H25N5O.HI/c1-13(2)16-21-15(23-22-16)10-7-11-19-17(18-3)20-12-14-8-5-4-6-9-14;/h4-6,8-9,13H,7,10-12H2,1-3H3,(H2,18,19,20);1H. The van der Waals surface area contributed by atoms with E-state index in [0.717, 1.165) is 37.7 Å². The van der Waals surface area contributed by atoms with E-state index >= 15 is 0 Å². The average Bonchev–Trinajstić information content (AvgIpc) is 3.04. The first-order valence-electron chi connectivity index (χ1n) is 8.00. The van der Waals surface area contributed by atoms with Crippen LogP contribution in [0.5, 0.6) is 0 Å². The first kappa shape index (κ1) is 20.4. The quantitative estimate of drug-likeness (QED) is 0.298. The molecule has 0 spiro atoms. The molecule has 0 saturated carbocycles. The van der Waals surface area contributed by atoms with Gasteiger partial charge in [0.1, 0.15) is 0 Å². The van der Waals surface area contributed by atoms with Gasteiger partial charge in [0.2, 0.25) is 5.89 Å². The van der Waals surface area contributed by atoms with Gasteiger partial charge in [-0.25, -0.2) is 0 Å². The number of nitrogens with one attached hydrogen (secondary N) is 2. The van der Waals surface area contributed by atoms with Crippen LogP contribution in [0, 0.1) is 0 Å². The van der Waals surface area contributed by atoms with Crippen molar-refractivity contribution in [3.63, 3.8) is 0 Å². The molecule has 1 aromatic carbocycles. The van der Waals surface area contributed by atoms with E-state index in [1.165, 1.54) is 5.56 Å². The zero-order valence-electron chi connectivity index (χ0n) is 14.5. The van der Waals surface area contributed by atoms with Crippen LogP contribution in [0.3, 0.4) is 0 Å². The van der Waals surface area contributed by atoms with Crippen molar-refractivity contribution in [3.8, 4) is 0 Å². The van der Waals surface area contributed by atoms with E-state index in [4.69, 9.17) is 4.52 Å². The van der Waals surface area contributed by atoms with Crippen LogP contribution >= 0.6 is 24.0 Å². The van der Waals surface area contributed by atoms with Gasteiger partial charge in [-0.3, -0.25) is 4.99 Å². The third-order valence-electron chi connectivity index (χ3n) is 3.39. The predicted octanol–water partition coefficient (Wildman–Crippen LogP) is 3.11. The van der Waals surface area contributed by atoms with E-state index in [9.17, 15) is 0 Å². The van der Waals surface area contributed by atoms with Crippen LogP contribution in [0.2, 0.25) is 0 Å². The topological polar surface area (TPSA) is 75.3 Å². The molecule has 0 fully saturated rings. The molecule has 1 aromatic heterocycles. The molecule has 1 heterocycles. The molecule has 2 N–H and O–H groups in total. The van der Waals surface area contributed by atoms with Gasteiger partial charge in [-0.1, -0.05) is 49.3 Å². The lowest BCUT2D eigenvalue weighted by Crippen LogP contribution is -2.37. The molecule has 0 amide bonds. The summed E-state index contributed by atoms with van der Waals surface area (Å²) in [4.78, 5) is 8.59. The lowest BCUT2D eigenvalue weighted by atomic mass is 10.2. The summed E-state index contributed by atoms with van der Waals surface area (Å²) >= 11 is 0. The largest absolute Gasteiger partial charge is 0.356 e. The number of aromatic nitrogens is 2. The van der Waals surface area contributed by atoms with Crippen LogP contribution in [0.1, 0.15) is 43.5 Å². The van der Waals surface area contributed by atoms with E-state index < -0.39 is 0 Å². The normalized spacial score (nSPS) is 11.2. The Morgan fingerprint density at radius 1 is 1.21 bits per heavy atom. The van der Waals surface area contributed by atoms with Gasteiger partial charge in [-0.15, -0.1) is 24.0 Å². The number of hydrogen-bond donors (Lipinski definition) is 2. The first-order valence-corrected chi connectivity index (χ1v) is 8.00. The van der Waals surface area contributed by atoms with Crippen molar-refractivity contribution in [2.45, 2.75) is 39.2 Å². The Balaban J connectivity index is 0.00000288. The maximum atomic E-state index is 5.23. The van der Waals surface area contributed by atoms with E-state index in [1.54, 1.807) is 7.05 Å². The molecular weight excluding hydrogens is 417 g/mol. The molecule has 0 unspecified atom stereocenters. The minimum absolute atomic E-state index is 0. The Morgan fingerprint density at radius 3 is 2.58 bits per heavy atom. The molecule has 7 heteroatoms. The third-order valence-corrected chi connectivity index (χ3v) is 3.39. The molecule has 6 nitrogen and oxygen atoms in total. The Bertz CT molecular complexity index is 612. The number of rotatable bonds is 7. The smallest absolute Gasteiger partial charge is 0.226 e. The number of halogens is 1. The molecule has 0 aliphatic carbocycles. The summed E-state index contributed by atoms with van der Waals surface area (Å²) < 4.78 is 5.23. The van der Waals surface area contributed by atoms with Crippen LogP contribution in [0.15, 0.2) is 39.8 Å². The van der Waals surface area contributed by atoms with Gasteiger partial charge in [0, 0.05) is 32.5 Å². The number of nitrogens with zero attached hydrogens (tertiary/aromatic N) is 3. The summed E-state index contributed by atoms with van der Waals surface area (Å²) in [6.45, 7) is 5.66. The molecular formula is C17H26IN5O. The Hall–Kier alpha value is -1.64. The summed E-state index contributed by atoms with van der Waals surface area (Å²) in [6.07, 6.45) is 1.67. The molecule has 0 aliphatic heterocycles. The maximum absolute atomic E-state index is 5.23. The SMILES string of the molecule is CN=C(NCCCc1nc(C(C)C)no1)NCc1ccccc1.I. The summed E-state index contributed by atoms with van der Waals surface area (Å²) in [5.74, 6) is 2.56. The number of benzene rings is 1. The monoisotopic (exact) mass is 443 g/mol. The summed E-state index contributed by atoms with van der Waals surface area (Å²) in [5, 5.41) is 10.5. The number of guanidine groups is 1. The van der Waals surface area contributed by atoms with Gasteiger partial charge < -0.3 is 15.2 Å². The molecule has 2 aromatic rings. The zero-order chi connectivity index (χ0) is 16.5. The molecule has 24 heavy (non-hydrogen) atoms. The van der Waals surface area contributed by atoms with Gasteiger partial charge in [0.25, 0.3) is 0 Å². The molecule has 0 radical (unpaired) electrons. The number of aliphatic imine (C=N–C) groups is 1. The minimum Gasteiger partial charge on any atom is -0.356 e. The Kier molecular flexibility index (Phi) is 9.36. The zero-order valence-corrected chi connectivity index (χ0v) is 16.8. The van der Waals surface area contributed by atoms with Crippen molar-refractivity contribution < 1.29 is 4.52 Å². The summed E-state index contributed by atoms with van der Waals surface area (Å²) in [6, 6.07) is 10.2. The summed E-state index contributed by atoms with van der Waals surface area (Å²) in [7, 11) is 1.77. The third kappa shape index (κ3) is 6.86. The fraction of sp³-hybridized carbons (Fsp3) is 0.471. The van der Waals surface area contributed by atoms with E-state index in [-0.39, 0.29) is 24.0 Å². The first-order chi connectivity index (χ1) is 11.2. The van der Waals surface area contributed by atoms with E-state index in [0.29, 0.717) is 11.8 Å². The van der Waals surface area contributed by atoms with Crippen molar-refractivity contribution in [2.75, 3.05) is 13.6 Å².